The Morgan fingerprint density at radius 2 is 1.08 bits per heavy atom. The maximum absolute atomic E-state index is 12.7. The number of aromatic nitrogens is 10. The van der Waals surface area contributed by atoms with Gasteiger partial charge in [0.05, 0.1) is 49.8 Å². The third-order valence-corrected chi connectivity index (χ3v) is 10.7. The first-order chi connectivity index (χ1) is 31.5. The fourth-order valence-electron chi connectivity index (χ4n) is 6.72. The first-order valence-electron chi connectivity index (χ1n) is 19.7. The molecule has 10 rings (SSSR count). The molecule has 0 bridgehead atoms. The van der Waals surface area contributed by atoms with Gasteiger partial charge in [-0.2, -0.15) is 0 Å². The van der Waals surface area contributed by atoms with E-state index in [0.29, 0.717) is 68.0 Å². The summed E-state index contributed by atoms with van der Waals surface area (Å²) in [5, 5.41) is 32.2. The minimum absolute atomic E-state index is 0. The molecule has 15 nitrogen and oxygen atoms in total. The number of benzene rings is 2. The number of carboxylic acids is 1. The third-order valence-electron chi connectivity index (χ3n) is 9.80. The van der Waals surface area contributed by atoms with Gasteiger partial charge in [0, 0.05) is 77.7 Å². The van der Waals surface area contributed by atoms with Gasteiger partial charge in [-0.05, 0) is 96.1 Å². The monoisotopic (exact) mass is 958 g/mol. The summed E-state index contributed by atoms with van der Waals surface area (Å²) < 4.78 is 3.53. The largest absolute Gasteiger partial charge is 0.478 e. The lowest BCUT2D eigenvalue weighted by molar-refractivity contribution is 0.0696. The molecule has 0 aliphatic heterocycles. The molecule has 0 spiro atoms. The molecule has 0 aliphatic carbocycles. The number of halogens is 4. The van der Waals surface area contributed by atoms with Crippen molar-refractivity contribution in [1.29, 1.82) is 0 Å². The van der Waals surface area contributed by atoms with Gasteiger partial charge in [0.15, 0.2) is 22.9 Å². The topological polar surface area (TPSA) is 204 Å². The zero-order chi connectivity index (χ0) is 45.5. The van der Waals surface area contributed by atoms with Gasteiger partial charge >= 0.3 is 5.97 Å². The number of carboxylic acid groups (broad SMARTS) is 1. The van der Waals surface area contributed by atoms with E-state index in [4.69, 9.17) is 57.2 Å². The summed E-state index contributed by atoms with van der Waals surface area (Å²) in [7, 11) is 0. The summed E-state index contributed by atoms with van der Waals surface area (Å²) in [4.78, 5) is 40.9. The highest BCUT2D eigenvalue weighted by molar-refractivity contribution is 6.31. The van der Waals surface area contributed by atoms with Gasteiger partial charge in [0.25, 0.3) is 5.91 Å². The molecule has 1 amide bonds. The van der Waals surface area contributed by atoms with Crippen LogP contribution in [0.4, 0.5) is 0 Å². The molecule has 8 heterocycles. The molecule has 4 N–H and O–H groups in total. The van der Waals surface area contributed by atoms with Crippen LogP contribution < -0.4 is 11.1 Å². The number of nitrogens with one attached hydrogen (secondary N) is 1. The number of pyridine rings is 6. The second-order valence-corrected chi connectivity index (χ2v) is 16.1. The molecule has 332 valence electrons. The van der Waals surface area contributed by atoms with E-state index < -0.39 is 5.97 Å². The Morgan fingerprint density at radius 3 is 1.61 bits per heavy atom. The van der Waals surface area contributed by atoms with Crippen LogP contribution >= 0.6 is 46.4 Å². The average Bonchev–Trinajstić information content (AvgIpc) is 3.91. The fourth-order valence-corrected chi connectivity index (χ4v) is 7.37. The van der Waals surface area contributed by atoms with E-state index in [2.05, 4.69) is 45.6 Å². The molecule has 10 aromatic rings. The summed E-state index contributed by atoms with van der Waals surface area (Å²) in [6, 6.07) is 29.2. The van der Waals surface area contributed by atoms with E-state index in [-0.39, 0.29) is 25.4 Å². The SMILES string of the molecule is C.NCc1nnc2ccc(Cl)cn12.O=C(NCc1nnc2ccc(Cl)cn12)c1ccnc(Cc2ccc3ncc(Cl)cc3c2)c1.O=C(O)c1ccnc(Cc2ccc3ncc(Cl)cc3c2)c1. The van der Waals surface area contributed by atoms with E-state index in [9.17, 15) is 9.59 Å². The van der Waals surface area contributed by atoms with Crippen molar-refractivity contribution >= 4 is 91.4 Å². The number of rotatable bonds is 9. The average molecular weight is 961 g/mol. The second-order valence-electron chi connectivity index (χ2n) is 14.4. The Hall–Kier alpha value is -7.14. The molecule has 0 unspecified atom stereocenters. The van der Waals surface area contributed by atoms with Crippen LogP contribution in [0, 0.1) is 0 Å². The minimum Gasteiger partial charge on any atom is -0.478 e. The predicted molar refractivity (Wildman–Crippen MR) is 256 cm³/mol. The molecule has 0 radical (unpaired) electrons. The summed E-state index contributed by atoms with van der Waals surface area (Å²) in [5.41, 5.74) is 13.0. The first-order valence-corrected chi connectivity index (χ1v) is 21.2. The Balaban J connectivity index is 0.000000163. The highest BCUT2D eigenvalue weighted by atomic mass is 35.5. The molecule has 8 aromatic heterocycles. The molecule has 66 heavy (non-hydrogen) atoms. The number of carbonyl (C=O) groups excluding carboxylic acids is 1. The standard InChI is InChI=1S/C23H16Cl2N6O.C16H11ClN2O2.C7H7ClN4.CH4/c24-17-2-4-21-29-30-22(31(21)13-17)12-28-23(32)15-5-6-26-19(10-15)8-14-1-3-20-16(7-14)9-18(25)11-27-20;17-13-7-12-5-10(1-2-15(12)19-9-13)6-14-8-11(16(20)21)3-4-18-14;8-5-1-2-6-10-11-7(3-9)12(6)4-5;/h1-7,9-11,13H,8,12H2,(H,28,32);1-5,7-9H,6H2,(H,20,21);1-2,4H,3,9H2;1H4. The van der Waals surface area contributed by atoms with Gasteiger partial charge < -0.3 is 16.2 Å². The summed E-state index contributed by atoms with van der Waals surface area (Å²) in [5.74, 6) is 0.135. The lowest BCUT2D eigenvalue weighted by atomic mass is 10.0. The Bertz CT molecular complexity index is 3360. The van der Waals surface area contributed by atoms with Crippen molar-refractivity contribution in [3.05, 3.63) is 200 Å². The molecular weight excluding hydrogens is 922 g/mol. The van der Waals surface area contributed by atoms with Crippen LogP contribution in [0.3, 0.4) is 0 Å². The smallest absolute Gasteiger partial charge is 0.335 e. The van der Waals surface area contributed by atoms with Crippen molar-refractivity contribution in [3.8, 4) is 0 Å². The third kappa shape index (κ3) is 11.6. The van der Waals surface area contributed by atoms with Gasteiger partial charge in [0.2, 0.25) is 0 Å². The predicted octanol–water partition coefficient (Wildman–Crippen LogP) is 9.55. The van der Waals surface area contributed by atoms with E-state index >= 15 is 0 Å². The van der Waals surface area contributed by atoms with Crippen LogP contribution in [0.2, 0.25) is 20.1 Å². The number of carbonyl (C=O) groups is 2. The summed E-state index contributed by atoms with van der Waals surface area (Å²) >= 11 is 23.8. The number of nitrogens with zero attached hydrogens (tertiary/aromatic N) is 10. The zero-order valence-corrected chi connectivity index (χ0v) is 36.9. The Kier molecular flexibility index (Phi) is 15.1. The molecule has 0 fully saturated rings. The molecule has 0 saturated heterocycles. The van der Waals surface area contributed by atoms with Crippen LogP contribution in [0.25, 0.3) is 33.1 Å². The van der Waals surface area contributed by atoms with E-state index in [1.54, 1.807) is 82.3 Å². The number of aromatic carboxylic acids is 1. The van der Waals surface area contributed by atoms with Gasteiger partial charge in [-0.3, -0.25) is 33.5 Å². The number of hydrogen-bond acceptors (Lipinski definition) is 11. The summed E-state index contributed by atoms with van der Waals surface area (Å²) in [6.07, 6.45) is 11.0. The van der Waals surface area contributed by atoms with Gasteiger partial charge in [-0.1, -0.05) is 66.0 Å². The molecule has 2 aromatic carbocycles. The second kappa shape index (κ2) is 21.2. The maximum Gasteiger partial charge on any atom is 0.335 e. The van der Waals surface area contributed by atoms with Crippen molar-refractivity contribution in [3.63, 3.8) is 0 Å². The summed E-state index contributed by atoms with van der Waals surface area (Å²) in [6.45, 7) is 0.581. The fraction of sp³-hybridized carbons (Fsp3) is 0.106. The van der Waals surface area contributed by atoms with Crippen molar-refractivity contribution in [2.24, 2.45) is 5.73 Å². The quantitative estimate of drug-likeness (QED) is 0.124. The lowest BCUT2D eigenvalue weighted by Crippen LogP contribution is -2.24. The molecule has 19 heteroatoms. The molecule has 0 aliphatic rings. The van der Waals surface area contributed by atoms with Crippen LogP contribution in [-0.2, 0) is 25.9 Å². The lowest BCUT2D eigenvalue weighted by Gasteiger charge is -2.07. The number of amides is 1. The van der Waals surface area contributed by atoms with E-state index in [0.717, 1.165) is 44.3 Å². The van der Waals surface area contributed by atoms with Crippen molar-refractivity contribution in [1.82, 2.24) is 54.4 Å². The first kappa shape index (κ1) is 46.8. The van der Waals surface area contributed by atoms with Gasteiger partial charge in [-0.25, -0.2) is 4.79 Å². The molecular formula is C47H38Cl4N12O3. The highest BCUT2D eigenvalue weighted by Crippen LogP contribution is 2.22. The van der Waals surface area contributed by atoms with E-state index in [1.807, 2.05) is 48.5 Å². The van der Waals surface area contributed by atoms with Crippen molar-refractivity contribution in [2.45, 2.75) is 33.4 Å². The number of hydrogen-bond donors (Lipinski definition) is 3. The van der Waals surface area contributed by atoms with Crippen molar-refractivity contribution in [2.75, 3.05) is 0 Å². The van der Waals surface area contributed by atoms with Crippen LogP contribution in [-0.4, -0.2) is 66.1 Å². The molecule has 0 saturated carbocycles. The van der Waals surface area contributed by atoms with Crippen LogP contribution in [0.15, 0.2) is 134 Å². The number of fused-ring (bicyclic) bond motifs is 4. The maximum atomic E-state index is 12.7. The highest BCUT2D eigenvalue weighted by Gasteiger charge is 2.12. The minimum atomic E-state index is -0.951. The molecule has 0 atom stereocenters. The van der Waals surface area contributed by atoms with Gasteiger partial charge in [0.1, 0.15) is 0 Å². The van der Waals surface area contributed by atoms with Crippen LogP contribution in [0.1, 0.15) is 62.3 Å². The van der Waals surface area contributed by atoms with Crippen LogP contribution in [0.5, 0.6) is 0 Å². The number of nitrogens with two attached hydrogens (primary N) is 1. The Morgan fingerprint density at radius 1 is 0.576 bits per heavy atom. The van der Waals surface area contributed by atoms with Gasteiger partial charge in [-0.15, -0.1) is 20.4 Å². The zero-order valence-electron chi connectivity index (χ0n) is 33.9. The van der Waals surface area contributed by atoms with Crippen molar-refractivity contribution < 1.29 is 14.7 Å². The van der Waals surface area contributed by atoms with E-state index in [1.165, 1.54) is 12.3 Å². The normalized spacial score (nSPS) is 10.8. The Labute approximate surface area is 397 Å².